The van der Waals surface area contributed by atoms with Gasteiger partial charge in [-0.25, -0.2) is 4.39 Å². The molecule has 0 saturated carbocycles. The molecular weight excluding hydrogens is 296 g/mol. The summed E-state index contributed by atoms with van der Waals surface area (Å²) >= 11 is 0. The molecule has 5 nitrogen and oxygen atoms in total. The number of ether oxygens (including phenoxy) is 1. The lowest BCUT2D eigenvalue weighted by atomic mass is 10.2. The summed E-state index contributed by atoms with van der Waals surface area (Å²) in [6, 6.07) is 5.11. The molecule has 1 rings (SSSR count). The van der Waals surface area contributed by atoms with Crippen LogP contribution >= 0.6 is 0 Å². The van der Waals surface area contributed by atoms with Gasteiger partial charge in [-0.05, 0) is 12.1 Å². The van der Waals surface area contributed by atoms with E-state index >= 15 is 0 Å². The molecule has 21 heavy (non-hydrogen) atoms. The lowest BCUT2D eigenvalue weighted by molar-refractivity contribution is -0.174. The van der Waals surface area contributed by atoms with Gasteiger partial charge in [-0.1, -0.05) is 12.1 Å². The number of benzene rings is 1. The maximum Gasteiger partial charge on any atom is 0.411 e. The van der Waals surface area contributed by atoms with E-state index in [1.807, 2.05) is 10.9 Å². The highest BCUT2D eigenvalue weighted by Gasteiger charge is 2.27. The molecule has 116 valence electrons. The van der Waals surface area contributed by atoms with Crippen LogP contribution in [0.15, 0.2) is 24.3 Å². The predicted molar refractivity (Wildman–Crippen MR) is 63.5 cm³/mol. The van der Waals surface area contributed by atoms with E-state index in [2.05, 4.69) is 4.74 Å². The zero-order valence-electron chi connectivity index (χ0n) is 10.7. The van der Waals surface area contributed by atoms with Crippen LogP contribution in [0.25, 0.3) is 0 Å². The van der Waals surface area contributed by atoms with Crippen molar-refractivity contribution in [1.82, 2.24) is 10.9 Å². The third-order valence-corrected chi connectivity index (χ3v) is 2.17. The van der Waals surface area contributed by atoms with Crippen LogP contribution in [0.4, 0.5) is 17.6 Å². The highest BCUT2D eigenvalue weighted by atomic mass is 19.4. The zero-order chi connectivity index (χ0) is 15.9. The number of alkyl halides is 3. The van der Waals surface area contributed by atoms with Gasteiger partial charge in [0.15, 0.2) is 0 Å². The topological polar surface area (TPSA) is 67.4 Å². The second kappa shape index (κ2) is 7.58. The molecule has 0 unspecified atom stereocenters. The number of hydrazine groups is 1. The summed E-state index contributed by atoms with van der Waals surface area (Å²) in [5.41, 5.74) is 3.61. The molecular formula is C12H12F4N2O3. The minimum absolute atomic E-state index is 0.272. The van der Waals surface area contributed by atoms with Gasteiger partial charge in [0.2, 0.25) is 5.91 Å². The van der Waals surface area contributed by atoms with Gasteiger partial charge in [-0.2, -0.15) is 13.2 Å². The molecule has 0 atom stereocenters. The molecule has 0 heterocycles. The molecule has 0 aliphatic carbocycles. The van der Waals surface area contributed by atoms with Crippen molar-refractivity contribution in [3.8, 4) is 0 Å². The van der Waals surface area contributed by atoms with E-state index in [-0.39, 0.29) is 12.0 Å². The Morgan fingerprint density at radius 3 is 2.43 bits per heavy atom. The number of amides is 2. The molecule has 0 saturated heterocycles. The van der Waals surface area contributed by atoms with Crippen molar-refractivity contribution in [2.24, 2.45) is 0 Å². The monoisotopic (exact) mass is 308 g/mol. The molecule has 2 amide bonds. The molecule has 1 aromatic carbocycles. The first-order valence-corrected chi connectivity index (χ1v) is 5.78. The smallest absolute Gasteiger partial charge is 0.372 e. The lowest BCUT2D eigenvalue weighted by Gasteiger charge is -2.09. The van der Waals surface area contributed by atoms with Crippen molar-refractivity contribution in [2.45, 2.75) is 12.6 Å². The van der Waals surface area contributed by atoms with Crippen molar-refractivity contribution < 1.29 is 31.9 Å². The highest BCUT2D eigenvalue weighted by molar-refractivity contribution is 5.95. The molecule has 0 fully saturated rings. The highest BCUT2D eigenvalue weighted by Crippen LogP contribution is 2.14. The Morgan fingerprint density at radius 2 is 1.81 bits per heavy atom. The van der Waals surface area contributed by atoms with Gasteiger partial charge in [-0.15, -0.1) is 0 Å². The van der Waals surface area contributed by atoms with Crippen molar-refractivity contribution in [2.75, 3.05) is 13.2 Å². The Morgan fingerprint density at radius 1 is 1.14 bits per heavy atom. The number of carbonyl (C=O) groups is 2. The van der Waals surface area contributed by atoms with Crippen LogP contribution in [-0.4, -0.2) is 31.2 Å². The fourth-order valence-corrected chi connectivity index (χ4v) is 1.25. The number of rotatable bonds is 5. The molecule has 2 N–H and O–H groups in total. The van der Waals surface area contributed by atoms with E-state index in [1.54, 1.807) is 0 Å². The van der Waals surface area contributed by atoms with Crippen LogP contribution in [-0.2, 0) is 9.53 Å². The van der Waals surface area contributed by atoms with Gasteiger partial charge in [0.1, 0.15) is 12.4 Å². The predicted octanol–water partition coefficient (Wildman–Crippen LogP) is 1.56. The molecule has 0 bridgehead atoms. The normalized spacial score (nSPS) is 11.0. The summed E-state index contributed by atoms with van der Waals surface area (Å²) in [6.45, 7) is -1.91. The Kier molecular flexibility index (Phi) is 6.10. The average Bonchev–Trinajstić information content (AvgIpc) is 2.40. The fourth-order valence-electron chi connectivity index (χ4n) is 1.25. The van der Waals surface area contributed by atoms with Crippen LogP contribution in [0.5, 0.6) is 0 Å². The molecule has 1 aromatic rings. The fraction of sp³-hybridized carbons (Fsp3) is 0.333. The third-order valence-electron chi connectivity index (χ3n) is 2.17. The maximum absolute atomic E-state index is 13.2. The standard InChI is InChI=1S/C12H12F4N2O3/c13-9-4-2-1-3-8(9)11(20)18-17-10(19)5-6-21-7-12(14,15)16/h1-4H,5-7H2,(H,17,19)(H,18,20). The van der Waals surface area contributed by atoms with Gasteiger partial charge in [0.25, 0.3) is 5.91 Å². The van der Waals surface area contributed by atoms with Gasteiger partial charge >= 0.3 is 6.18 Å². The van der Waals surface area contributed by atoms with E-state index in [0.717, 1.165) is 6.07 Å². The second-order valence-electron chi connectivity index (χ2n) is 3.90. The van der Waals surface area contributed by atoms with Crippen molar-refractivity contribution in [1.29, 1.82) is 0 Å². The van der Waals surface area contributed by atoms with Gasteiger partial charge < -0.3 is 4.74 Å². The Balaban J connectivity index is 2.27. The number of carbonyl (C=O) groups excluding carboxylic acids is 2. The molecule has 0 radical (unpaired) electrons. The molecule has 0 spiro atoms. The molecule has 0 aliphatic rings. The van der Waals surface area contributed by atoms with Crippen LogP contribution in [0.3, 0.4) is 0 Å². The minimum Gasteiger partial charge on any atom is -0.372 e. The quantitative estimate of drug-likeness (QED) is 0.493. The summed E-state index contributed by atoms with van der Waals surface area (Å²) in [5.74, 6) is -2.41. The zero-order valence-corrected chi connectivity index (χ0v) is 10.7. The first kappa shape index (κ1) is 16.9. The second-order valence-corrected chi connectivity index (χ2v) is 3.90. The Bertz CT molecular complexity index is 506. The van der Waals surface area contributed by atoms with Crippen molar-refractivity contribution >= 4 is 11.8 Å². The van der Waals surface area contributed by atoms with Gasteiger partial charge in [-0.3, -0.25) is 20.4 Å². The molecule has 9 heteroatoms. The van der Waals surface area contributed by atoms with Crippen molar-refractivity contribution in [3.63, 3.8) is 0 Å². The Hall–Kier alpha value is -2.16. The maximum atomic E-state index is 13.2. The number of hydrogen-bond acceptors (Lipinski definition) is 3. The van der Waals surface area contributed by atoms with E-state index < -0.39 is 37.0 Å². The SMILES string of the molecule is O=C(CCOCC(F)(F)F)NNC(=O)c1ccccc1F. The average molecular weight is 308 g/mol. The van der Waals surface area contributed by atoms with Crippen LogP contribution in [0.2, 0.25) is 0 Å². The number of halogens is 4. The molecule has 0 aromatic heterocycles. The van der Waals surface area contributed by atoms with Gasteiger partial charge in [0, 0.05) is 0 Å². The number of hydrogen-bond donors (Lipinski definition) is 2. The van der Waals surface area contributed by atoms with E-state index in [4.69, 9.17) is 0 Å². The summed E-state index contributed by atoms with van der Waals surface area (Å²) in [7, 11) is 0. The summed E-state index contributed by atoms with van der Waals surface area (Å²) in [5, 5.41) is 0. The van der Waals surface area contributed by atoms with E-state index in [0.29, 0.717) is 0 Å². The van der Waals surface area contributed by atoms with E-state index in [9.17, 15) is 27.2 Å². The van der Waals surface area contributed by atoms with Crippen LogP contribution < -0.4 is 10.9 Å². The summed E-state index contributed by atoms with van der Waals surface area (Å²) < 4.78 is 52.7. The Labute approximate surface area is 117 Å². The largest absolute Gasteiger partial charge is 0.411 e. The van der Waals surface area contributed by atoms with E-state index in [1.165, 1.54) is 18.2 Å². The number of nitrogens with one attached hydrogen (secondary N) is 2. The van der Waals surface area contributed by atoms with Crippen LogP contribution in [0, 0.1) is 5.82 Å². The first-order chi connectivity index (χ1) is 9.79. The van der Waals surface area contributed by atoms with Gasteiger partial charge in [0.05, 0.1) is 18.6 Å². The van der Waals surface area contributed by atoms with Crippen LogP contribution in [0.1, 0.15) is 16.8 Å². The molecule has 0 aliphatic heterocycles. The summed E-state index contributed by atoms with van der Waals surface area (Å²) in [4.78, 5) is 22.7. The summed E-state index contributed by atoms with van der Waals surface area (Å²) in [6.07, 6.45) is -4.84. The van der Waals surface area contributed by atoms with Crippen molar-refractivity contribution in [3.05, 3.63) is 35.6 Å². The lowest BCUT2D eigenvalue weighted by Crippen LogP contribution is -2.42. The minimum atomic E-state index is -4.46. The first-order valence-electron chi connectivity index (χ1n) is 5.78. The third kappa shape index (κ3) is 6.70.